The highest BCUT2D eigenvalue weighted by molar-refractivity contribution is 9.11. The highest BCUT2D eigenvalue weighted by Crippen LogP contribution is 2.27. The summed E-state index contributed by atoms with van der Waals surface area (Å²) in [5, 5.41) is 67.0. The standard InChI is InChI=1S/C19H17N5.C19H11N3.C12H7BrN2.C8H8BNO.C6H6BBrO2.C6H3BrN2/c20-18(21)15-7-3-13(4-8-15)12-1-5-14(6-2-12)17-10-9-16(11-24-17)19(22)23;1-21-18-9-7-16(8-10-18)15-3-5-17(6-4-15)19-11-2-14(12-20)13-22-19;13-11-4-2-10(3-5-11)12-6-1-9(7-14)8-15-12;1-9(11)7-3-5-8(10-2)6-4-7;8-6-3-1-5(2-4-6)7(9)10;7-6-2-1-5(3-8)4-9-6/h1-11H,(H3,20,21)(H3,22,23);2-11,13H;1-6,8H;3-6,11H,1H3;1-4,9-10H;1-2,4H. The van der Waals surface area contributed by atoms with Crippen molar-refractivity contribution in [2.24, 2.45) is 11.5 Å². The summed E-state index contributed by atoms with van der Waals surface area (Å²) < 4.78 is 2.72. The molecule has 0 radical (unpaired) electrons. The zero-order valence-corrected chi connectivity index (χ0v) is 53.2. The van der Waals surface area contributed by atoms with Crippen molar-refractivity contribution in [2.45, 2.75) is 6.82 Å². The number of aromatic nitrogens is 4. The van der Waals surface area contributed by atoms with E-state index in [1.54, 1.807) is 104 Å². The van der Waals surface area contributed by atoms with Crippen LogP contribution in [0.25, 0.3) is 65.7 Å². The van der Waals surface area contributed by atoms with Gasteiger partial charge in [0.1, 0.15) is 34.5 Å². The van der Waals surface area contributed by atoms with Crippen LogP contribution >= 0.6 is 47.8 Å². The molecular weight excluding hydrogens is 1330 g/mol. The molecule has 0 atom stereocenters. The minimum absolute atomic E-state index is 0.0124. The van der Waals surface area contributed by atoms with Gasteiger partial charge in [-0.1, -0.05) is 190 Å². The number of rotatable bonds is 9. The maximum absolute atomic E-state index is 9.11. The maximum Gasteiger partial charge on any atom is 0.488 e. The quantitative estimate of drug-likeness (QED) is 0.0233. The van der Waals surface area contributed by atoms with Crippen molar-refractivity contribution in [3.8, 4) is 74.2 Å². The molecule has 0 aliphatic rings. The van der Waals surface area contributed by atoms with Crippen molar-refractivity contribution < 1.29 is 15.1 Å². The molecule has 0 fully saturated rings. The summed E-state index contributed by atoms with van der Waals surface area (Å²) >= 11 is 9.76. The number of nitriles is 3. The number of nitrogen functional groups attached to an aromatic ring is 2. The number of hydrogen-bond acceptors (Lipinski definition) is 12. The van der Waals surface area contributed by atoms with E-state index in [-0.39, 0.29) is 11.7 Å². The number of hydrogen-bond donors (Lipinski definition) is 7. The molecule has 11 aromatic rings. The van der Waals surface area contributed by atoms with Crippen LogP contribution in [0.15, 0.2) is 257 Å². The zero-order valence-electron chi connectivity index (χ0n) is 48.4. The van der Waals surface area contributed by atoms with Gasteiger partial charge in [-0.05, 0) is 116 Å². The predicted molar refractivity (Wildman–Crippen MR) is 372 cm³/mol. The van der Waals surface area contributed by atoms with E-state index in [0.717, 1.165) is 75.0 Å². The van der Waals surface area contributed by atoms with E-state index in [9.17, 15) is 0 Å². The van der Waals surface area contributed by atoms with Crippen molar-refractivity contribution in [1.82, 2.24) is 19.9 Å². The molecule has 0 bridgehead atoms. The van der Waals surface area contributed by atoms with E-state index in [0.29, 0.717) is 44.7 Å². The van der Waals surface area contributed by atoms with Crippen LogP contribution in [-0.4, -0.2) is 60.7 Å². The topological polar surface area (TPSA) is 292 Å². The first-order valence-corrected chi connectivity index (χ1v) is 29.5. The van der Waals surface area contributed by atoms with Gasteiger partial charge in [-0.2, -0.15) is 15.8 Å². The minimum Gasteiger partial charge on any atom is -0.447 e. The lowest BCUT2D eigenvalue weighted by atomic mass is 9.64. The van der Waals surface area contributed by atoms with Crippen molar-refractivity contribution in [2.75, 3.05) is 0 Å². The third-order valence-corrected chi connectivity index (χ3v) is 14.3. The van der Waals surface area contributed by atoms with Gasteiger partial charge in [-0.15, -0.1) is 0 Å². The number of halogens is 3. The van der Waals surface area contributed by atoms with Crippen LogP contribution in [0.2, 0.25) is 6.82 Å². The fourth-order valence-corrected chi connectivity index (χ4v) is 8.51. The summed E-state index contributed by atoms with van der Waals surface area (Å²) in [4.78, 5) is 23.3. The molecule has 4 aromatic heterocycles. The molecule has 11 rings (SSSR count). The Morgan fingerprint density at radius 1 is 0.407 bits per heavy atom. The second-order valence-corrected chi connectivity index (χ2v) is 21.7. The van der Waals surface area contributed by atoms with Crippen LogP contribution in [-0.2, 0) is 0 Å². The Balaban J connectivity index is 0.000000181. The number of nitrogens with two attached hydrogens (primary N) is 2. The molecule has 0 unspecified atom stereocenters. The molecule has 0 saturated heterocycles. The van der Waals surface area contributed by atoms with Gasteiger partial charge >= 0.3 is 14.0 Å². The first-order valence-electron chi connectivity index (χ1n) is 27.1. The highest BCUT2D eigenvalue weighted by atomic mass is 79.9. The summed E-state index contributed by atoms with van der Waals surface area (Å²) in [6.45, 7) is 14.9. The van der Waals surface area contributed by atoms with Crippen LogP contribution in [0.1, 0.15) is 27.8 Å². The third-order valence-electron chi connectivity index (χ3n) is 12.7. The Bertz CT molecular complexity index is 4220. The fourth-order valence-electron chi connectivity index (χ4n) is 7.75. The average Bonchev–Trinajstić information content (AvgIpc) is 2.03. The Morgan fingerprint density at radius 3 is 1.03 bits per heavy atom. The fraction of sp³-hybridized carbons (Fsp3) is 0.0143. The van der Waals surface area contributed by atoms with Crippen molar-refractivity contribution in [3.05, 3.63) is 307 Å². The normalized spacial score (nSPS) is 9.60. The van der Waals surface area contributed by atoms with Gasteiger partial charge in [0.2, 0.25) is 0 Å². The number of nitrogens with one attached hydrogen (secondary N) is 2. The molecule has 16 nitrogen and oxygen atoms in total. The minimum atomic E-state index is -1.37. The van der Waals surface area contributed by atoms with Crippen molar-refractivity contribution >= 4 is 95.8 Å². The first kappa shape index (κ1) is 69.1. The highest BCUT2D eigenvalue weighted by Gasteiger charge is 2.10. The van der Waals surface area contributed by atoms with Gasteiger partial charge < -0.3 is 26.5 Å². The van der Waals surface area contributed by atoms with Gasteiger partial charge in [0.25, 0.3) is 0 Å². The molecule has 0 aliphatic carbocycles. The number of nitrogens with zero attached hydrogens (tertiary/aromatic N) is 9. The van der Waals surface area contributed by atoms with E-state index in [1.165, 1.54) is 6.20 Å². The number of benzene rings is 7. The van der Waals surface area contributed by atoms with Crippen molar-refractivity contribution in [3.63, 3.8) is 0 Å². The number of amidine groups is 2. The molecule has 21 heteroatoms. The lowest BCUT2D eigenvalue weighted by molar-refractivity contribution is 0.426. The second-order valence-electron chi connectivity index (χ2n) is 19.0. The molecule has 442 valence electrons. The largest absolute Gasteiger partial charge is 0.488 e. The summed E-state index contributed by atoms with van der Waals surface area (Å²) in [6, 6.07) is 73.3. The predicted octanol–water partition coefficient (Wildman–Crippen LogP) is 14.1. The van der Waals surface area contributed by atoms with Gasteiger partial charge in [0, 0.05) is 61.6 Å². The van der Waals surface area contributed by atoms with Crippen LogP contribution in [0, 0.1) is 58.0 Å². The van der Waals surface area contributed by atoms with Gasteiger partial charge in [0.05, 0.1) is 46.9 Å². The van der Waals surface area contributed by atoms with Gasteiger partial charge in [-0.25, -0.2) is 14.7 Å². The Labute approximate surface area is 553 Å². The molecule has 0 spiro atoms. The van der Waals surface area contributed by atoms with E-state index in [1.807, 2.05) is 152 Å². The Morgan fingerprint density at radius 2 is 0.714 bits per heavy atom. The average molecular weight is 1380 g/mol. The van der Waals surface area contributed by atoms with Gasteiger partial charge in [0.15, 0.2) is 11.4 Å². The van der Waals surface area contributed by atoms with Crippen LogP contribution < -0.4 is 22.4 Å². The molecule has 7 aromatic carbocycles. The van der Waals surface area contributed by atoms with Crippen LogP contribution in [0.3, 0.4) is 0 Å². The molecule has 0 saturated carbocycles. The van der Waals surface area contributed by atoms with Gasteiger partial charge in [-0.3, -0.25) is 25.8 Å². The summed E-state index contributed by atoms with van der Waals surface area (Å²) in [6.07, 6.45) is 6.28. The molecule has 91 heavy (non-hydrogen) atoms. The van der Waals surface area contributed by atoms with Crippen LogP contribution in [0.5, 0.6) is 0 Å². The second kappa shape index (κ2) is 35.7. The van der Waals surface area contributed by atoms with E-state index < -0.39 is 14.0 Å². The molecule has 0 amide bonds. The third kappa shape index (κ3) is 22.3. The van der Waals surface area contributed by atoms with E-state index >= 15 is 0 Å². The SMILES string of the molecule is N#Cc1ccc(-c2ccc(Br)cc2)nc1.N#Cc1ccc(Br)nc1.N=C(N)c1ccc(-c2ccc(-c3ccc(C(=N)N)cn3)cc2)cc1.OB(O)c1ccc(Br)cc1.[C-]#[N+]c1ccc(-c2ccc(-c3ccc(C#N)cn3)cc2)cc1.[C-]#[N+]c1ccc(B(C)O)cc1. The lowest BCUT2D eigenvalue weighted by Crippen LogP contribution is -2.29. The lowest BCUT2D eigenvalue weighted by Gasteiger charge is -2.06. The number of pyridine rings is 4. The molecule has 4 heterocycles. The summed E-state index contributed by atoms with van der Waals surface area (Å²) in [5.74, 6) is 0.0791. The summed E-state index contributed by atoms with van der Waals surface area (Å²) in [5.41, 5.74) is 26.4. The molecular formula is C70H52B2Br3N13O3. The smallest absolute Gasteiger partial charge is 0.447 e. The monoisotopic (exact) mass is 1380 g/mol. The van der Waals surface area contributed by atoms with Crippen LogP contribution in [0.4, 0.5) is 11.4 Å². The van der Waals surface area contributed by atoms with Crippen molar-refractivity contribution in [1.29, 1.82) is 26.6 Å². The maximum atomic E-state index is 9.11. The summed E-state index contributed by atoms with van der Waals surface area (Å²) in [7, 11) is -1.37. The van der Waals surface area contributed by atoms with E-state index in [4.69, 9.17) is 66.3 Å². The van der Waals surface area contributed by atoms with E-state index in [2.05, 4.69) is 83.5 Å². The Hall–Kier alpha value is -11.0. The molecule has 0 aliphatic heterocycles. The Kier molecular flexibility index (Phi) is 27.1. The first-order chi connectivity index (χ1) is 43.9. The molecule has 9 N–H and O–H groups in total. The zero-order chi connectivity index (χ0) is 65.7.